The lowest BCUT2D eigenvalue weighted by Crippen LogP contribution is -2.26. The molecule has 2 heterocycles. The summed E-state index contributed by atoms with van der Waals surface area (Å²) in [6.45, 7) is 0.458. The van der Waals surface area contributed by atoms with Crippen molar-refractivity contribution in [2.75, 3.05) is 7.05 Å². The summed E-state index contributed by atoms with van der Waals surface area (Å²) in [5.74, 6) is -0.141. The van der Waals surface area contributed by atoms with E-state index in [0.717, 1.165) is 28.0 Å². The van der Waals surface area contributed by atoms with Crippen molar-refractivity contribution in [3.05, 3.63) is 53.3 Å². The summed E-state index contributed by atoms with van der Waals surface area (Å²) >= 11 is 2.61. The lowest BCUT2D eigenvalue weighted by Gasteiger charge is -2.13. The first-order chi connectivity index (χ1) is 10.2. The van der Waals surface area contributed by atoms with Gasteiger partial charge in [0.1, 0.15) is 5.01 Å². The minimum Gasteiger partial charge on any atom is -0.334 e. The highest BCUT2D eigenvalue weighted by atomic mass is 32.1. The predicted octanol–water partition coefficient (Wildman–Crippen LogP) is 2.93. The molecule has 0 spiro atoms. The molecule has 106 valence electrons. The van der Waals surface area contributed by atoms with Crippen LogP contribution >= 0.6 is 23.1 Å². The third-order valence-electron chi connectivity index (χ3n) is 2.90. The van der Waals surface area contributed by atoms with Crippen LogP contribution < -0.4 is 0 Å². The number of carbonyl (C=O) groups excluding carboxylic acids is 1. The van der Waals surface area contributed by atoms with Gasteiger partial charge in [0.25, 0.3) is 5.91 Å². The smallest absolute Gasteiger partial charge is 0.275 e. The zero-order valence-electron chi connectivity index (χ0n) is 11.3. The fourth-order valence-corrected chi connectivity index (χ4v) is 3.09. The van der Waals surface area contributed by atoms with Crippen molar-refractivity contribution in [2.45, 2.75) is 6.54 Å². The van der Waals surface area contributed by atoms with Crippen LogP contribution in [0.1, 0.15) is 16.2 Å². The Bertz CT molecular complexity index is 725. The second-order valence-electron chi connectivity index (χ2n) is 4.46. The second kappa shape index (κ2) is 6.11. The van der Waals surface area contributed by atoms with E-state index in [0.29, 0.717) is 12.2 Å². The normalized spacial score (nSPS) is 10.5. The third kappa shape index (κ3) is 3.14. The number of hydrogen-bond acceptors (Lipinski definition) is 6. The monoisotopic (exact) mass is 316 g/mol. The number of thiazole rings is 1. The molecule has 0 aliphatic carbocycles. The van der Waals surface area contributed by atoms with Gasteiger partial charge in [0, 0.05) is 18.0 Å². The van der Waals surface area contributed by atoms with Gasteiger partial charge in [-0.2, -0.15) is 8.75 Å². The number of carbonyl (C=O) groups is 1. The molecule has 1 aromatic carbocycles. The van der Waals surface area contributed by atoms with Crippen molar-refractivity contribution in [3.63, 3.8) is 0 Å². The van der Waals surface area contributed by atoms with Crippen molar-refractivity contribution in [2.24, 2.45) is 0 Å². The van der Waals surface area contributed by atoms with E-state index >= 15 is 0 Å². The van der Waals surface area contributed by atoms with Crippen LogP contribution in [0, 0.1) is 0 Å². The average molecular weight is 316 g/mol. The largest absolute Gasteiger partial charge is 0.334 e. The van der Waals surface area contributed by atoms with Gasteiger partial charge in [0.2, 0.25) is 0 Å². The molecule has 3 aromatic rings. The van der Waals surface area contributed by atoms with Crippen LogP contribution in [-0.4, -0.2) is 31.6 Å². The van der Waals surface area contributed by atoms with Gasteiger partial charge < -0.3 is 4.90 Å². The molecular weight excluding hydrogens is 304 g/mol. The second-order valence-corrected chi connectivity index (χ2v) is 5.88. The highest BCUT2D eigenvalue weighted by Crippen LogP contribution is 2.23. The molecule has 3 rings (SSSR count). The quantitative estimate of drug-likeness (QED) is 0.742. The van der Waals surface area contributed by atoms with Crippen LogP contribution in [0.2, 0.25) is 0 Å². The molecule has 21 heavy (non-hydrogen) atoms. The van der Waals surface area contributed by atoms with Crippen molar-refractivity contribution < 1.29 is 4.79 Å². The number of benzene rings is 1. The number of aromatic nitrogens is 3. The summed E-state index contributed by atoms with van der Waals surface area (Å²) in [4.78, 5) is 18.3. The highest BCUT2D eigenvalue weighted by Gasteiger charge is 2.16. The highest BCUT2D eigenvalue weighted by molar-refractivity contribution is 7.13. The van der Waals surface area contributed by atoms with Gasteiger partial charge in [-0.25, -0.2) is 4.98 Å². The lowest BCUT2D eigenvalue weighted by molar-refractivity contribution is 0.0779. The Kier molecular flexibility index (Phi) is 4.03. The molecule has 7 heteroatoms. The molecule has 0 atom stereocenters. The number of rotatable bonds is 4. The molecule has 5 nitrogen and oxygen atoms in total. The van der Waals surface area contributed by atoms with Gasteiger partial charge in [-0.1, -0.05) is 30.3 Å². The van der Waals surface area contributed by atoms with Crippen LogP contribution in [0.5, 0.6) is 0 Å². The fraction of sp³-hybridized carbons (Fsp3) is 0.143. The van der Waals surface area contributed by atoms with E-state index in [2.05, 4.69) is 13.7 Å². The molecule has 0 N–H and O–H groups in total. The Balaban J connectivity index is 1.71. The van der Waals surface area contributed by atoms with Crippen LogP contribution in [0.15, 0.2) is 41.9 Å². The van der Waals surface area contributed by atoms with E-state index < -0.39 is 0 Å². The molecule has 0 radical (unpaired) electrons. The minimum absolute atomic E-state index is 0.141. The van der Waals surface area contributed by atoms with E-state index in [1.807, 2.05) is 35.7 Å². The first kappa shape index (κ1) is 13.8. The van der Waals surface area contributed by atoms with Gasteiger partial charge in [-0.3, -0.25) is 4.79 Å². The summed E-state index contributed by atoms with van der Waals surface area (Å²) < 4.78 is 7.80. The zero-order valence-corrected chi connectivity index (χ0v) is 12.9. The van der Waals surface area contributed by atoms with Gasteiger partial charge in [-0.15, -0.1) is 11.3 Å². The van der Waals surface area contributed by atoms with Crippen LogP contribution in [-0.2, 0) is 6.54 Å². The maximum absolute atomic E-state index is 12.1. The Morgan fingerprint density at radius 2 is 2.10 bits per heavy atom. The van der Waals surface area contributed by atoms with Gasteiger partial charge in [0.05, 0.1) is 30.2 Å². The average Bonchev–Trinajstić information content (AvgIpc) is 3.19. The maximum atomic E-state index is 12.1. The van der Waals surface area contributed by atoms with E-state index in [4.69, 9.17) is 0 Å². The van der Waals surface area contributed by atoms with Gasteiger partial charge >= 0.3 is 0 Å². The molecule has 0 fully saturated rings. The number of hydrogen-bond donors (Lipinski definition) is 0. The Morgan fingerprint density at radius 3 is 2.81 bits per heavy atom. The summed E-state index contributed by atoms with van der Waals surface area (Å²) in [6.07, 6.45) is 1.49. The topological polar surface area (TPSA) is 59.0 Å². The lowest BCUT2D eigenvalue weighted by atomic mass is 10.2. The molecule has 2 aromatic heterocycles. The summed E-state index contributed by atoms with van der Waals surface area (Å²) in [6, 6.07) is 10.0. The summed E-state index contributed by atoms with van der Waals surface area (Å²) in [5.41, 5.74) is 2.34. The van der Waals surface area contributed by atoms with Crippen LogP contribution in [0.4, 0.5) is 0 Å². The summed E-state index contributed by atoms with van der Waals surface area (Å²) in [7, 11) is 1.74. The molecule has 0 aliphatic heterocycles. The van der Waals surface area contributed by atoms with Crippen molar-refractivity contribution in [3.8, 4) is 10.6 Å². The molecular formula is C14H12N4OS2. The Labute approximate surface area is 130 Å². The van der Waals surface area contributed by atoms with Gasteiger partial charge in [0.15, 0.2) is 5.69 Å². The van der Waals surface area contributed by atoms with Crippen LogP contribution in [0.25, 0.3) is 10.6 Å². The standard InChI is InChI=1S/C14H12N4OS2/c1-18(14(19)12-7-15-21-17-12)8-11-9-20-13(16-11)10-5-3-2-4-6-10/h2-7,9H,8H2,1H3. The SMILES string of the molecule is CN(Cc1csc(-c2ccccc2)n1)C(=O)c1cnsn1. The summed E-state index contributed by atoms with van der Waals surface area (Å²) in [5, 5.41) is 2.94. The number of nitrogens with zero attached hydrogens (tertiary/aromatic N) is 4. The first-order valence-electron chi connectivity index (χ1n) is 6.27. The van der Waals surface area contributed by atoms with Crippen LogP contribution in [0.3, 0.4) is 0 Å². The molecule has 0 aliphatic rings. The molecule has 0 saturated heterocycles. The molecule has 0 bridgehead atoms. The molecule has 1 amide bonds. The maximum Gasteiger partial charge on any atom is 0.275 e. The third-order valence-corrected chi connectivity index (χ3v) is 4.32. The van der Waals surface area contributed by atoms with Crippen molar-refractivity contribution in [1.29, 1.82) is 0 Å². The van der Waals surface area contributed by atoms with E-state index in [9.17, 15) is 4.79 Å². The van der Waals surface area contributed by atoms with Gasteiger partial charge in [-0.05, 0) is 0 Å². The van der Waals surface area contributed by atoms with E-state index in [1.165, 1.54) is 6.20 Å². The van der Waals surface area contributed by atoms with Crippen molar-refractivity contribution >= 4 is 29.0 Å². The Morgan fingerprint density at radius 1 is 1.29 bits per heavy atom. The fourth-order valence-electron chi connectivity index (χ4n) is 1.86. The minimum atomic E-state index is -0.141. The van der Waals surface area contributed by atoms with E-state index in [-0.39, 0.29) is 5.91 Å². The molecule has 0 unspecified atom stereocenters. The Hall–Kier alpha value is -2.12. The van der Waals surface area contributed by atoms with E-state index in [1.54, 1.807) is 23.3 Å². The van der Waals surface area contributed by atoms with Crippen molar-refractivity contribution in [1.82, 2.24) is 18.6 Å². The number of amides is 1. The predicted molar refractivity (Wildman–Crippen MR) is 83.3 cm³/mol. The zero-order chi connectivity index (χ0) is 14.7. The first-order valence-corrected chi connectivity index (χ1v) is 7.88. The molecule has 0 saturated carbocycles.